The molecule has 2 fully saturated rings. The van der Waals surface area contributed by atoms with Crippen molar-refractivity contribution in [2.75, 3.05) is 49.1 Å². The van der Waals surface area contributed by atoms with Gasteiger partial charge in [0.15, 0.2) is 0 Å². The molecule has 0 amide bonds. The van der Waals surface area contributed by atoms with Gasteiger partial charge in [-0.25, -0.2) is 4.39 Å². The van der Waals surface area contributed by atoms with Gasteiger partial charge in [-0.05, 0) is 54.7 Å². The topological polar surface area (TPSA) is 11.4 Å². The second kappa shape index (κ2) is 10.6. The zero-order valence-electron chi connectivity index (χ0n) is 19.0. The molecule has 0 atom stereocenters. The smallest absolute Gasteiger partial charge is 0.128 e. The summed E-state index contributed by atoms with van der Waals surface area (Å²) in [5, 5.41) is 0. The Morgan fingerprint density at radius 2 is 1.55 bits per heavy atom. The zero-order valence-corrected chi connectivity index (χ0v) is 20.7. The van der Waals surface area contributed by atoms with E-state index in [1.54, 1.807) is 12.1 Å². The predicted molar refractivity (Wildman–Crippen MR) is 141 cm³/mol. The Kier molecular flexibility index (Phi) is 7.34. The van der Waals surface area contributed by atoms with Gasteiger partial charge in [0.05, 0.1) is 6.54 Å². The summed E-state index contributed by atoms with van der Waals surface area (Å²) in [6.07, 6.45) is 4.51. The van der Waals surface area contributed by atoms with Crippen molar-refractivity contribution in [1.82, 2.24) is 9.47 Å². The number of hydrogen-bond acceptors (Lipinski definition) is 4. The Morgan fingerprint density at radius 1 is 0.818 bits per heavy atom. The van der Waals surface area contributed by atoms with E-state index in [4.69, 9.17) is 0 Å². The maximum absolute atomic E-state index is 14.4. The molecule has 1 aromatic heterocycles. The first-order valence-electron chi connectivity index (χ1n) is 11.9. The van der Waals surface area contributed by atoms with E-state index in [2.05, 4.69) is 86.6 Å². The maximum Gasteiger partial charge on any atom is 0.128 e. The summed E-state index contributed by atoms with van der Waals surface area (Å²) in [7, 11) is 0. The molecule has 5 rings (SSSR count). The van der Waals surface area contributed by atoms with Crippen LogP contribution in [0.3, 0.4) is 0 Å². The fourth-order valence-electron chi connectivity index (χ4n) is 4.88. The van der Waals surface area contributed by atoms with Gasteiger partial charge in [-0.2, -0.15) is 0 Å². The Labute approximate surface area is 205 Å². The lowest BCUT2D eigenvalue weighted by molar-refractivity contribution is 0.251. The second-order valence-electron chi connectivity index (χ2n) is 8.83. The molecule has 6 heteroatoms. The van der Waals surface area contributed by atoms with Crippen molar-refractivity contribution < 1.29 is 4.39 Å². The molecule has 0 unspecified atom stereocenters. The van der Waals surface area contributed by atoms with Gasteiger partial charge in [-0.15, -0.1) is 23.5 Å². The van der Waals surface area contributed by atoms with Gasteiger partial charge in [0.2, 0.25) is 0 Å². The van der Waals surface area contributed by atoms with Crippen LogP contribution in [0.5, 0.6) is 0 Å². The van der Waals surface area contributed by atoms with Crippen LogP contribution in [0.4, 0.5) is 10.1 Å². The summed E-state index contributed by atoms with van der Waals surface area (Å²) in [6.45, 7) is 6.08. The molecular formula is C27H32FN3S2. The molecule has 0 spiro atoms. The highest BCUT2D eigenvalue weighted by atomic mass is 32.2. The molecule has 3 aromatic rings. The van der Waals surface area contributed by atoms with Gasteiger partial charge < -0.3 is 9.47 Å². The van der Waals surface area contributed by atoms with Gasteiger partial charge in [0, 0.05) is 55.9 Å². The normalized spacial score (nSPS) is 19.0. The van der Waals surface area contributed by atoms with E-state index >= 15 is 0 Å². The number of halogens is 1. The minimum absolute atomic E-state index is 0.0452. The highest BCUT2D eigenvalue weighted by Crippen LogP contribution is 2.53. The SMILES string of the molecule is Fc1ccccc1Cn1cccc1C1(CCN2CCN(c3ccccc3)CC2)SCCCS1. The van der Waals surface area contributed by atoms with Crippen molar-refractivity contribution in [2.45, 2.75) is 23.5 Å². The lowest BCUT2D eigenvalue weighted by Gasteiger charge is -2.41. The number of thioether (sulfide) groups is 2. The first-order valence-corrected chi connectivity index (χ1v) is 13.9. The molecule has 33 heavy (non-hydrogen) atoms. The minimum Gasteiger partial charge on any atom is -0.369 e. The zero-order chi connectivity index (χ0) is 22.5. The van der Waals surface area contributed by atoms with E-state index in [1.807, 2.05) is 12.1 Å². The lowest BCUT2D eigenvalue weighted by Crippen LogP contribution is -2.47. The molecule has 2 aromatic carbocycles. The van der Waals surface area contributed by atoms with E-state index in [9.17, 15) is 4.39 Å². The van der Waals surface area contributed by atoms with E-state index in [-0.39, 0.29) is 9.90 Å². The predicted octanol–water partition coefficient (Wildman–Crippen LogP) is 5.91. The van der Waals surface area contributed by atoms with E-state index in [0.717, 1.165) is 44.7 Å². The number of nitrogens with zero attached hydrogens (tertiary/aromatic N) is 3. The Morgan fingerprint density at radius 3 is 2.30 bits per heavy atom. The standard InChI is InChI=1S/C27H32FN3S2/c28-25-11-5-4-8-23(25)22-31-14-6-12-26(31)27(32-20-7-21-33-27)13-15-29-16-18-30(19-17-29)24-9-2-1-3-10-24/h1-6,8-12,14H,7,13,15-22H2. The minimum atomic E-state index is -0.119. The molecule has 2 aliphatic rings. The number of anilines is 1. The molecule has 0 radical (unpaired) electrons. The van der Waals surface area contributed by atoms with Crippen molar-refractivity contribution in [3.05, 3.63) is 90.0 Å². The third-order valence-electron chi connectivity index (χ3n) is 6.73. The van der Waals surface area contributed by atoms with Gasteiger partial charge >= 0.3 is 0 Å². The fraction of sp³-hybridized carbons (Fsp3) is 0.407. The quantitative estimate of drug-likeness (QED) is 0.415. The Bertz CT molecular complexity index is 1020. The van der Waals surface area contributed by atoms with Crippen molar-refractivity contribution in [2.24, 2.45) is 0 Å². The van der Waals surface area contributed by atoms with Crippen LogP contribution in [0.1, 0.15) is 24.1 Å². The van der Waals surface area contributed by atoms with Crippen LogP contribution in [-0.4, -0.2) is 53.7 Å². The van der Waals surface area contributed by atoms with Crippen LogP contribution in [0.15, 0.2) is 72.9 Å². The number of piperazine rings is 1. The van der Waals surface area contributed by atoms with Crippen LogP contribution in [0, 0.1) is 5.82 Å². The molecule has 2 saturated heterocycles. The van der Waals surface area contributed by atoms with Crippen LogP contribution in [-0.2, 0) is 10.6 Å². The molecule has 0 aliphatic carbocycles. The molecule has 0 N–H and O–H groups in total. The first kappa shape index (κ1) is 22.9. The maximum atomic E-state index is 14.4. The molecular weight excluding hydrogens is 449 g/mol. The molecule has 174 valence electrons. The van der Waals surface area contributed by atoms with Gasteiger partial charge in [0.1, 0.15) is 9.90 Å². The lowest BCUT2D eigenvalue weighted by atomic mass is 10.1. The molecule has 3 nitrogen and oxygen atoms in total. The number of benzene rings is 2. The number of aromatic nitrogens is 1. The van der Waals surface area contributed by atoms with Crippen molar-refractivity contribution in [3.63, 3.8) is 0 Å². The highest BCUT2D eigenvalue weighted by Gasteiger charge is 2.38. The number of rotatable bonds is 7. The first-order chi connectivity index (χ1) is 16.2. The summed E-state index contributed by atoms with van der Waals surface area (Å²) >= 11 is 4.19. The average molecular weight is 482 g/mol. The molecule has 0 bridgehead atoms. The van der Waals surface area contributed by atoms with E-state index in [0.29, 0.717) is 6.54 Å². The third kappa shape index (κ3) is 5.28. The largest absolute Gasteiger partial charge is 0.369 e. The number of para-hydroxylation sites is 1. The van der Waals surface area contributed by atoms with Crippen LogP contribution in [0.2, 0.25) is 0 Å². The monoisotopic (exact) mass is 481 g/mol. The fourth-order valence-corrected chi connectivity index (χ4v) is 8.27. The summed E-state index contributed by atoms with van der Waals surface area (Å²) in [5.74, 6) is 2.27. The van der Waals surface area contributed by atoms with Crippen molar-refractivity contribution in [3.8, 4) is 0 Å². The average Bonchev–Trinajstić information content (AvgIpc) is 3.35. The second-order valence-corrected chi connectivity index (χ2v) is 11.9. The van der Waals surface area contributed by atoms with Gasteiger partial charge in [0.25, 0.3) is 0 Å². The van der Waals surface area contributed by atoms with Gasteiger partial charge in [-0.3, -0.25) is 4.90 Å². The highest BCUT2D eigenvalue weighted by molar-refractivity contribution is 8.18. The summed E-state index contributed by atoms with van der Waals surface area (Å²) in [4.78, 5) is 5.12. The van der Waals surface area contributed by atoms with Gasteiger partial charge in [-0.1, -0.05) is 36.4 Å². The Hall–Kier alpha value is -1.89. The Balaban J connectivity index is 1.27. The van der Waals surface area contributed by atoms with Crippen LogP contribution < -0.4 is 4.90 Å². The van der Waals surface area contributed by atoms with Crippen molar-refractivity contribution in [1.29, 1.82) is 0 Å². The summed E-state index contributed by atoms with van der Waals surface area (Å²) < 4.78 is 16.7. The van der Waals surface area contributed by atoms with E-state index < -0.39 is 0 Å². The molecule has 3 heterocycles. The summed E-state index contributed by atoms with van der Waals surface area (Å²) in [6, 6.07) is 22.3. The van der Waals surface area contributed by atoms with E-state index in [1.165, 1.54) is 29.3 Å². The summed E-state index contributed by atoms with van der Waals surface area (Å²) in [5.41, 5.74) is 3.43. The molecule has 0 saturated carbocycles. The molecule has 2 aliphatic heterocycles. The number of hydrogen-bond donors (Lipinski definition) is 0. The van der Waals surface area contributed by atoms with Crippen LogP contribution in [0.25, 0.3) is 0 Å². The third-order valence-corrected chi connectivity index (χ3v) is 10.2. The van der Waals surface area contributed by atoms with Crippen LogP contribution >= 0.6 is 23.5 Å². The van der Waals surface area contributed by atoms with Crippen molar-refractivity contribution >= 4 is 29.2 Å².